The molecule has 1 atom stereocenters. The van der Waals surface area contributed by atoms with Crippen LogP contribution in [0.2, 0.25) is 5.15 Å². The van der Waals surface area contributed by atoms with E-state index in [1.165, 1.54) is 0 Å². The third kappa shape index (κ3) is 6.00. The number of carbonyl (C=O) groups excluding carboxylic acids is 1. The fourth-order valence-corrected chi connectivity index (χ4v) is 3.42. The van der Waals surface area contributed by atoms with Crippen LogP contribution in [0, 0.1) is 0 Å². The van der Waals surface area contributed by atoms with Crippen LogP contribution < -0.4 is 9.64 Å². The van der Waals surface area contributed by atoms with Crippen molar-refractivity contribution < 1.29 is 14.3 Å². The summed E-state index contributed by atoms with van der Waals surface area (Å²) in [6, 6.07) is 13.7. The molecule has 0 radical (unpaired) electrons. The molecule has 0 bridgehead atoms. The van der Waals surface area contributed by atoms with Crippen LogP contribution in [0.1, 0.15) is 33.3 Å². The molecule has 0 N–H and O–H groups in total. The number of anilines is 1. The Hall–Kier alpha value is -2.47. The lowest BCUT2D eigenvalue weighted by molar-refractivity contribution is 0.0218. The fourth-order valence-electron chi connectivity index (χ4n) is 3.22. The standard InChI is InChI=1S/C22H28ClN3O3/c1-16-14-25(21(27)29-22(2,3)4)10-11-26(16)20-13-18(12-19(23)24-20)28-15-17-8-6-5-7-9-17/h5-9,12-13,16H,10-11,14-15H2,1-4H3. The van der Waals surface area contributed by atoms with Crippen LogP contribution >= 0.6 is 11.6 Å². The number of piperazine rings is 1. The molecule has 1 fully saturated rings. The van der Waals surface area contributed by atoms with Gasteiger partial charge < -0.3 is 19.3 Å². The molecule has 1 amide bonds. The highest BCUT2D eigenvalue weighted by molar-refractivity contribution is 6.29. The van der Waals surface area contributed by atoms with Crippen LogP contribution in [0.25, 0.3) is 0 Å². The van der Waals surface area contributed by atoms with E-state index in [0.717, 1.165) is 11.4 Å². The van der Waals surface area contributed by atoms with Gasteiger partial charge in [0, 0.05) is 37.8 Å². The third-order valence-electron chi connectivity index (χ3n) is 4.58. The van der Waals surface area contributed by atoms with Gasteiger partial charge in [-0.2, -0.15) is 0 Å². The predicted molar refractivity (Wildman–Crippen MR) is 115 cm³/mol. The Kier molecular flexibility index (Phi) is 6.52. The van der Waals surface area contributed by atoms with Crippen molar-refractivity contribution in [2.45, 2.75) is 45.9 Å². The van der Waals surface area contributed by atoms with Gasteiger partial charge in [0.2, 0.25) is 0 Å². The van der Waals surface area contributed by atoms with Gasteiger partial charge in [-0.3, -0.25) is 0 Å². The summed E-state index contributed by atoms with van der Waals surface area (Å²) < 4.78 is 11.4. The van der Waals surface area contributed by atoms with E-state index in [9.17, 15) is 4.79 Å². The molecule has 1 aromatic heterocycles. The topological polar surface area (TPSA) is 54.9 Å². The molecular formula is C22H28ClN3O3. The molecular weight excluding hydrogens is 390 g/mol. The first-order chi connectivity index (χ1) is 13.7. The number of hydrogen-bond acceptors (Lipinski definition) is 5. The minimum Gasteiger partial charge on any atom is -0.489 e. The lowest BCUT2D eigenvalue weighted by Crippen LogP contribution is -2.54. The van der Waals surface area contributed by atoms with E-state index in [1.807, 2.05) is 57.2 Å². The highest BCUT2D eigenvalue weighted by atomic mass is 35.5. The second-order valence-corrected chi connectivity index (χ2v) is 8.61. The summed E-state index contributed by atoms with van der Waals surface area (Å²) in [5.41, 5.74) is 0.582. The second kappa shape index (κ2) is 8.91. The van der Waals surface area contributed by atoms with Gasteiger partial charge in [0.15, 0.2) is 0 Å². The van der Waals surface area contributed by atoms with E-state index in [2.05, 4.69) is 16.8 Å². The minimum absolute atomic E-state index is 0.0733. The molecule has 29 heavy (non-hydrogen) atoms. The summed E-state index contributed by atoms with van der Waals surface area (Å²) in [4.78, 5) is 20.7. The molecule has 1 unspecified atom stereocenters. The van der Waals surface area contributed by atoms with Crippen LogP contribution in [0.4, 0.5) is 10.6 Å². The van der Waals surface area contributed by atoms with Crippen molar-refractivity contribution in [1.29, 1.82) is 0 Å². The molecule has 1 aromatic carbocycles. The van der Waals surface area contributed by atoms with Crippen molar-refractivity contribution in [3.05, 3.63) is 53.2 Å². The van der Waals surface area contributed by atoms with E-state index in [-0.39, 0.29) is 12.1 Å². The highest BCUT2D eigenvalue weighted by Crippen LogP contribution is 2.27. The minimum atomic E-state index is -0.503. The normalized spacial score (nSPS) is 17.2. The molecule has 1 aliphatic rings. The van der Waals surface area contributed by atoms with Crippen LogP contribution in [0.15, 0.2) is 42.5 Å². The van der Waals surface area contributed by atoms with E-state index in [4.69, 9.17) is 21.1 Å². The number of nitrogens with zero attached hydrogens (tertiary/aromatic N) is 3. The number of carbonyl (C=O) groups is 1. The van der Waals surface area contributed by atoms with Crippen molar-refractivity contribution in [3.63, 3.8) is 0 Å². The molecule has 2 heterocycles. The summed E-state index contributed by atoms with van der Waals surface area (Å²) in [5, 5.41) is 0.382. The molecule has 7 heteroatoms. The molecule has 0 saturated carbocycles. The number of pyridine rings is 1. The average Bonchev–Trinajstić information content (AvgIpc) is 2.65. The maximum absolute atomic E-state index is 12.4. The monoisotopic (exact) mass is 417 g/mol. The summed E-state index contributed by atoms with van der Waals surface area (Å²) in [6.45, 7) is 9.90. The van der Waals surface area contributed by atoms with Gasteiger partial charge in [0.1, 0.15) is 28.9 Å². The molecule has 0 aliphatic carbocycles. The molecule has 2 aromatic rings. The Labute approximate surface area is 177 Å². The highest BCUT2D eigenvalue weighted by Gasteiger charge is 2.30. The number of amides is 1. The van der Waals surface area contributed by atoms with Crippen LogP contribution in [0.3, 0.4) is 0 Å². The zero-order valence-corrected chi connectivity index (χ0v) is 18.1. The van der Waals surface area contributed by atoms with Crippen LogP contribution in [-0.2, 0) is 11.3 Å². The lowest BCUT2D eigenvalue weighted by Gasteiger charge is -2.40. The maximum Gasteiger partial charge on any atom is 0.410 e. The third-order valence-corrected chi connectivity index (χ3v) is 4.77. The average molecular weight is 418 g/mol. The van der Waals surface area contributed by atoms with E-state index >= 15 is 0 Å². The molecule has 1 saturated heterocycles. The molecule has 6 nitrogen and oxygen atoms in total. The largest absolute Gasteiger partial charge is 0.489 e. The van der Waals surface area contributed by atoms with Gasteiger partial charge in [-0.15, -0.1) is 0 Å². The van der Waals surface area contributed by atoms with Gasteiger partial charge in [-0.05, 0) is 33.3 Å². The van der Waals surface area contributed by atoms with Crippen molar-refractivity contribution in [2.75, 3.05) is 24.5 Å². The van der Waals surface area contributed by atoms with Gasteiger partial charge >= 0.3 is 6.09 Å². The zero-order chi connectivity index (χ0) is 21.0. The first-order valence-corrected chi connectivity index (χ1v) is 10.2. The Morgan fingerprint density at radius 2 is 1.93 bits per heavy atom. The van der Waals surface area contributed by atoms with Crippen molar-refractivity contribution in [2.24, 2.45) is 0 Å². The zero-order valence-electron chi connectivity index (χ0n) is 17.4. The maximum atomic E-state index is 12.4. The Morgan fingerprint density at radius 3 is 2.59 bits per heavy atom. The van der Waals surface area contributed by atoms with Crippen molar-refractivity contribution in [3.8, 4) is 5.75 Å². The molecule has 1 aliphatic heterocycles. The summed E-state index contributed by atoms with van der Waals surface area (Å²) in [7, 11) is 0. The van der Waals surface area contributed by atoms with Gasteiger partial charge in [0.25, 0.3) is 0 Å². The summed E-state index contributed by atoms with van der Waals surface area (Å²) in [6.07, 6.45) is -0.282. The number of rotatable bonds is 4. The number of aromatic nitrogens is 1. The van der Waals surface area contributed by atoms with E-state index in [1.54, 1.807) is 11.0 Å². The Bertz CT molecular complexity index is 839. The second-order valence-electron chi connectivity index (χ2n) is 8.23. The Morgan fingerprint density at radius 1 is 1.21 bits per heavy atom. The summed E-state index contributed by atoms with van der Waals surface area (Å²) >= 11 is 6.25. The predicted octanol–water partition coefficient (Wildman–Crippen LogP) is 4.76. The number of hydrogen-bond donors (Lipinski definition) is 0. The van der Waals surface area contributed by atoms with Crippen LogP contribution in [-0.4, -0.2) is 47.3 Å². The van der Waals surface area contributed by atoms with Gasteiger partial charge in [-0.25, -0.2) is 9.78 Å². The van der Waals surface area contributed by atoms with E-state index in [0.29, 0.717) is 37.1 Å². The summed E-state index contributed by atoms with van der Waals surface area (Å²) in [5.74, 6) is 1.42. The SMILES string of the molecule is CC1CN(C(=O)OC(C)(C)C)CCN1c1cc(OCc2ccccc2)cc(Cl)n1. The first-order valence-electron chi connectivity index (χ1n) is 9.80. The molecule has 3 rings (SSSR count). The van der Waals surface area contributed by atoms with Crippen LogP contribution in [0.5, 0.6) is 5.75 Å². The number of benzene rings is 1. The first kappa shape index (κ1) is 21.2. The lowest BCUT2D eigenvalue weighted by atomic mass is 10.2. The van der Waals surface area contributed by atoms with Gasteiger partial charge in [0.05, 0.1) is 0 Å². The number of ether oxygens (including phenoxy) is 2. The Balaban J connectivity index is 1.66. The van der Waals surface area contributed by atoms with E-state index < -0.39 is 5.60 Å². The molecule has 156 valence electrons. The quantitative estimate of drug-likeness (QED) is 0.671. The fraction of sp³-hybridized carbons (Fsp3) is 0.455. The smallest absolute Gasteiger partial charge is 0.410 e. The van der Waals surface area contributed by atoms with Crippen molar-refractivity contribution >= 4 is 23.5 Å². The number of halogens is 1. The van der Waals surface area contributed by atoms with Gasteiger partial charge in [-0.1, -0.05) is 41.9 Å². The van der Waals surface area contributed by atoms with Crippen molar-refractivity contribution in [1.82, 2.24) is 9.88 Å². The molecule has 0 spiro atoms.